The summed E-state index contributed by atoms with van der Waals surface area (Å²) in [7, 11) is 0. The highest BCUT2D eigenvalue weighted by Crippen LogP contribution is 2.38. The van der Waals surface area contributed by atoms with E-state index in [4.69, 9.17) is 0 Å². The molecule has 0 spiro atoms. The van der Waals surface area contributed by atoms with Crippen LogP contribution in [0.4, 0.5) is 0 Å². The van der Waals surface area contributed by atoms with Gasteiger partial charge in [-0.1, -0.05) is 60.7 Å². The maximum atomic E-state index is 13.1. The van der Waals surface area contributed by atoms with Crippen molar-refractivity contribution in [1.82, 2.24) is 20.3 Å². The average Bonchev–Trinajstić information content (AvgIpc) is 3.37. The number of pyridine rings is 2. The summed E-state index contributed by atoms with van der Waals surface area (Å²) in [5.41, 5.74) is 7.47. The van der Waals surface area contributed by atoms with Crippen LogP contribution in [0.15, 0.2) is 120 Å². The molecule has 0 aliphatic rings. The van der Waals surface area contributed by atoms with Crippen molar-refractivity contribution >= 4 is 16.8 Å². The molecule has 0 bridgehead atoms. The van der Waals surface area contributed by atoms with Crippen molar-refractivity contribution in [2.75, 3.05) is 6.54 Å². The van der Waals surface area contributed by atoms with Crippen molar-refractivity contribution in [3.8, 4) is 33.5 Å². The Kier molecular flexibility index (Phi) is 6.58. The Labute approximate surface area is 225 Å². The standard InChI is InChI=1S/C33H26N4O2/c38-32(36-20-17-26-9-4-5-18-34-26)25-15-16-29-28(21-25)30(31(37-29)27-10-6-19-35-33(27)39)24-13-11-23(12-14-24)22-7-2-1-3-8-22/h1-16,18-19,21,37H,17,20H2,(H,35,39)(H,36,38). The van der Waals surface area contributed by atoms with Crippen LogP contribution in [-0.2, 0) is 6.42 Å². The van der Waals surface area contributed by atoms with Gasteiger partial charge in [-0.25, -0.2) is 0 Å². The van der Waals surface area contributed by atoms with Gasteiger partial charge in [-0.15, -0.1) is 0 Å². The number of rotatable bonds is 7. The van der Waals surface area contributed by atoms with Crippen LogP contribution in [0, 0.1) is 0 Å². The van der Waals surface area contributed by atoms with Crippen molar-refractivity contribution in [2.24, 2.45) is 0 Å². The molecule has 0 atom stereocenters. The van der Waals surface area contributed by atoms with Crippen LogP contribution in [0.3, 0.4) is 0 Å². The van der Waals surface area contributed by atoms with Gasteiger partial charge in [0, 0.05) is 53.1 Å². The summed E-state index contributed by atoms with van der Waals surface area (Å²) in [6.07, 6.45) is 4.02. The summed E-state index contributed by atoms with van der Waals surface area (Å²) < 4.78 is 0. The Morgan fingerprint density at radius 2 is 1.56 bits per heavy atom. The van der Waals surface area contributed by atoms with Crippen LogP contribution in [0.2, 0.25) is 0 Å². The highest BCUT2D eigenvalue weighted by atomic mass is 16.1. The number of nitrogens with one attached hydrogen (secondary N) is 3. The van der Waals surface area contributed by atoms with Crippen LogP contribution in [-0.4, -0.2) is 27.4 Å². The molecule has 3 heterocycles. The zero-order chi connectivity index (χ0) is 26.6. The zero-order valence-corrected chi connectivity index (χ0v) is 21.1. The molecule has 39 heavy (non-hydrogen) atoms. The molecule has 1 amide bonds. The predicted molar refractivity (Wildman–Crippen MR) is 156 cm³/mol. The molecule has 3 N–H and O–H groups in total. The van der Waals surface area contributed by atoms with E-state index in [0.717, 1.165) is 38.9 Å². The molecule has 6 heteroatoms. The van der Waals surface area contributed by atoms with E-state index in [9.17, 15) is 9.59 Å². The van der Waals surface area contributed by atoms with E-state index in [-0.39, 0.29) is 11.5 Å². The van der Waals surface area contributed by atoms with Gasteiger partial charge in [0.25, 0.3) is 11.5 Å². The number of H-pyrrole nitrogens is 2. The Morgan fingerprint density at radius 3 is 2.33 bits per heavy atom. The van der Waals surface area contributed by atoms with Gasteiger partial charge in [0.05, 0.1) is 11.3 Å². The van der Waals surface area contributed by atoms with Crippen LogP contribution >= 0.6 is 0 Å². The second-order valence-electron chi connectivity index (χ2n) is 9.32. The third-order valence-corrected chi connectivity index (χ3v) is 6.82. The maximum Gasteiger partial charge on any atom is 0.257 e. The first-order valence-corrected chi connectivity index (χ1v) is 12.8. The summed E-state index contributed by atoms with van der Waals surface area (Å²) in [4.78, 5) is 36.4. The van der Waals surface area contributed by atoms with E-state index in [1.165, 1.54) is 0 Å². The smallest absolute Gasteiger partial charge is 0.257 e. The summed E-state index contributed by atoms with van der Waals surface area (Å²) in [6.45, 7) is 0.486. The number of fused-ring (bicyclic) bond motifs is 1. The van der Waals surface area contributed by atoms with Gasteiger partial charge in [0.15, 0.2) is 0 Å². The van der Waals surface area contributed by atoms with Gasteiger partial charge in [-0.2, -0.15) is 0 Å². The largest absolute Gasteiger partial charge is 0.354 e. The van der Waals surface area contributed by atoms with Gasteiger partial charge in [0.1, 0.15) is 0 Å². The van der Waals surface area contributed by atoms with Crippen molar-refractivity contribution < 1.29 is 4.79 Å². The first kappa shape index (κ1) is 24.1. The summed E-state index contributed by atoms with van der Waals surface area (Å²) >= 11 is 0. The Morgan fingerprint density at radius 1 is 0.795 bits per heavy atom. The Bertz CT molecular complexity index is 1800. The molecule has 0 saturated heterocycles. The van der Waals surface area contributed by atoms with E-state index >= 15 is 0 Å². The minimum Gasteiger partial charge on any atom is -0.354 e. The topological polar surface area (TPSA) is 90.6 Å². The number of aromatic nitrogens is 3. The molecular formula is C33H26N4O2. The summed E-state index contributed by atoms with van der Waals surface area (Å²) in [6, 6.07) is 33.4. The lowest BCUT2D eigenvalue weighted by atomic mass is 9.96. The predicted octanol–water partition coefficient (Wildman–Crippen LogP) is 6.22. The number of hydrogen-bond acceptors (Lipinski definition) is 3. The molecule has 3 aromatic carbocycles. The molecule has 190 valence electrons. The highest BCUT2D eigenvalue weighted by molar-refractivity contribution is 6.07. The van der Waals surface area contributed by atoms with Crippen LogP contribution < -0.4 is 10.9 Å². The van der Waals surface area contributed by atoms with Crippen molar-refractivity contribution in [3.63, 3.8) is 0 Å². The molecule has 3 aromatic heterocycles. The molecule has 0 fully saturated rings. The number of benzene rings is 3. The van der Waals surface area contributed by atoms with E-state index in [0.29, 0.717) is 29.8 Å². The van der Waals surface area contributed by atoms with E-state index < -0.39 is 0 Å². The number of amides is 1. The fourth-order valence-corrected chi connectivity index (χ4v) is 4.87. The van der Waals surface area contributed by atoms with E-state index in [1.807, 2.05) is 54.6 Å². The van der Waals surface area contributed by atoms with E-state index in [2.05, 4.69) is 56.7 Å². The zero-order valence-electron chi connectivity index (χ0n) is 21.1. The lowest BCUT2D eigenvalue weighted by Crippen LogP contribution is -2.25. The van der Waals surface area contributed by atoms with Crippen LogP contribution in [0.1, 0.15) is 16.1 Å². The van der Waals surface area contributed by atoms with Gasteiger partial charge in [-0.3, -0.25) is 14.6 Å². The lowest BCUT2D eigenvalue weighted by molar-refractivity contribution is 0.0954. The second kappa shape index (κ2) is 10.6. The number of hydrogen-bond donors (Lipinski definition) is 3. The number of carbonyl (C=O) groups is 1. The number of nitrogens with zero attached hydrogens (tertiary/aromatic N) is 1. The third kappa shape index (κ3) is 5.00. The molecule has 0 radical (unpaired) electrons. The Balaban J connectivity index is 1.39. The normalized spacial score (nSPS) is 11.0. The van der Waals surface area contributed by atoms with Gasteiger partial charge >= 0.3 is 0 Å². The molecule has 6 rings (SSSR count). The third-order valence-electron chi connectivity index (χ3n) is 6.82. The molecule has 6 aromatic rings. The average molecular weight is 511 g/mol. The molecule has 0 aliphatic heterocycles. The van der Waals surface area contributed by atoms with E-state index in [1.54, 1.807) is 24.5 Å². The Hall–Kier alpha value is -5.23. The van der Waals surface area contributed by atoms with Crippen LogP contribution in [0.5, 0.6) is 0 Å². The number of carbonyl (C=O) groups excluding carboxylic acids is 1. The van der Waals surface area contributed by atoms with Crippen molar-refractivity contribution in [2.45, 2.75) is 6.42 Å². The minimum atomic E-state index is -0.182. The van der Waals surface area contributed by atoms with Gasteiger partial charge in [0.2, 0.25) is 0 Å². The second-order valence-corrected chi connectivity index (χ2v) is 9.32. The fraction of sp³-hybridized carbons (Fsp3) is 0.0606. The monoisotopic (exact) mass is 510 g/mol. The molecule has 0 unspecified atom stereocenters. The maximum absolute atomic E-state index is 13.1. The highest BCUT2D eigenvalue weighted by Gasteiger charge is 2.19. The molecular weight excluding hydrogens is 484 g/mol. The minimum absolute atomic E-state index is 0.154. The fourth-order valence-electron chi connectivity index (χ4n) is 4.87. The van der Waals surface area contributed by atoms with Crippen molar-refractivity contribution in [1.29, 1.82) is 0 Å². The number of aromatic amines is 2. The summed E-state index contributed by atoms with van der Waals surface area (Å²) in [5.74, 6) is -0.154. The molecule has 0 saturated carbocycles. The van der Waals surface area contributed by atoms with Gasteiger partial charge < -0.3 is 15.3 Å². The molecule has 6 nitrogen and oxygen atoms in total. The van der Waals surface area contributed by atoms with Crippen LogP contribution in [0.25, 0.3) is 44.4 Å². The summed E-state index contributed by atoms with van der Waals surface area (Å²) in [5, 5.41) is 3.87. The molecule has 0 aliphatic carbocycles. The SMILES string of the molecule is O=C(NCCc1ccccn1)c1ccc2[nH]c(-c3ccc[nH]c3=O)c(-c3ccc(-c4ccccc4)cc3)c2c1. The quantitative estimate of drug-likeness (QED) is 0.238. The van der Waals surface area contributed by atoms with Gasteiger partial charge in [-0.05, 0) is 59.2 Å². The van der Waals surface area contributed by atoms with Crippen molar-refractivity contribution in [3.05, 3.63) is 137 Å². The first-order chi connectivity index (χ1) is 19.2. The lowest BCUT2D eigenvalue weighted by Gasteiger charge is -2.08. The first-order valence-electron chi connectivity index (χ1n) is 12.8.